The molecule has 2 aliphatic heterocycles. The van der Waals surface area contributed by atoms with Crippen molar-refractivity contribution in [2.24, 2.45) is 0 Å². The molecule has 3 nitrogen and oxygen atoms in total. The maximum Gasteiger partial charge on any atom is 0.255 e. The van der Waals surface area contributed by atoms with E-state index in [0.717, 1.165) is 41.5 Å². The Morgan fingerprint density at radius 3 is 2.90 bits per heavy atom. The van der Waals surface area contributed by atoms with Crippen molar-refractivity contribution in [2.75, 3.05) is 13.1 Å². The molecule has 4 heteroatoms. The van der Waals surface area contributed by atoms with Gasteiger partial charge in [0.1, 0.15) is 0 Å². The summed E-state index contributed by atoms with van der Waals surface area (Å²) in [4.78, 5) is 15.1. The zero-order valence-corrected chi connectivity index (χ0v) is 14.2. The van der Waals surface area contributed by atoms with Crippen molar-refractivity contribution in [3.63, 3.8) is 0 Å². The molecule has 1 aromatic rings. The second-order valence-electron chi connectivity index (χ2n) is 6.20. The van der Waals surface area contributed by atoms with Crippen LogP contribution in [-0.2, 0) is 0 Å². The smallest absolute Gasteiger partial charge is 0.255 e. The van der Waals surface area contributed by atoms with E-state index in [4.69, 9.17) is 0 Å². The quantitative estimate of drug-likeness (QED) is 0.885. The first-order valence-corrected chi connectivity index (χ1v) is 8.77. The van der Waals surface area contributed by atoms with Gasteiger partial charge in [-0.15, -0.1) is 0 Å². The Hall–Kier alpha value is -0.870. The van der Waals surface area contributed by atoms with E-state index in [1.54, 1.807) is 0 Å². The number of benzene rings is 1. The largest absolute Gasteiger partial charge is 0.334 e. The summed E-state index contributed by atoms with van der Waals surface area (Å²) >= 11 is 3.59. The van der Waals surface area contributed by atoms with Crippen LogP contribution in [0.25, 0.3) is 0 Å². The minimum atomic E-state index is 0.184. The second-order valence-corrected chi connectivity index (χ2v) is 6.99. The lowest BCUT2D eigenvalue weighted by atomic mass is 9.93. The number of rotatable bonds is 2. The van der Waals surface area contributed by atoms with Gasteiger partial charge < -0.3 is 10.2 Å². The van der Waals surface area contributed by atoms with Gasteiger partial charge in [-0.25, -0.2) is 0 Å². The van der Waals surface area contributed by atoms with Gasteiger partial charge in [0.15, 0.2) is 0 Å². The normalized spacial score (nSPS) is 26.1. The van der Waals surface area contributed by atoms with Gasteiger partial charge in [-0.2, -0.15) is 0 Å². The van der Waals surface area contributed by atoms with Gasteiger partial charge in [0.25, 0.3) is 5.91 Å². The topological polar surface area (TPSA) is 32.3 Å². The molecule has 2 saturated heterocycles. The SMILES string of the molecule is Cc1cccc(C(=O)N2CCCCC2C2CCCN2)c1Br. The van der Waals surface area contributed by atoms with Crippen LogP contribution in [0, 0.1) is 6.92 Å². The summed E-state index contributed by atoms with van der Waals surface area (Å²) in [7, 11) is 0. The molecule has 3 rings (SSSR count). The molecule has 0 saturated carbocycles. The fourth-order valence-electron chi connectivity index (χ4n) is 3.64. The van der Waals surface area contributed by atoms with E-state index in [1.807, 2.05) is 25.1 Å². The van der Waals surface area contributed by atoms with Crippen molar-refractivity contribution in [1.29, 1.82) is 0 Å². The molecule has 0 bridgehead atoms. The molecule has 2 atom stereocenters. The Kier molecular flexibility index (Phi) is 4.65. The van der Waals surface area contributed by atoms with Crippen LogP contribution in [0.1, 0.15) is 48.0 Å². The fraction of sp³-hybridized carbons (Fsp3) is 0.588. The molecule has 2 heterocycles. The average Bonchev–Trinajstić information content (AvgIpc) is 3.03. The number of carbonyl (C=O) groups excluding carboxylic acids is 1. The molecular weight excluding hydrogens is 328 g/mol. The zero-order chi connectivity index (χ0) is 14.8. The predicted octanol–water partition coefficient (Wildman–Crippen LogP) is 3.50. The highest BCUT2D eigenvalue weighted by Crippen LogP contribution is 2.28. The molecule has 0 aliphatic carbocycles. The summed E-state index contributed by atoms with van der Waals surface area (Å²) in [6, 6.07) is 6.79. The van der Waals surface area contributed by atoms with Crippen molar-refractivity contribution in [3.8, 4) is 0 Å². The van der Waals surface area contributed by atoms with Crippen LogP contribution in [0.5, 0.6) is 0 Å². The number of halogens is 1. The first kappa shape index (κ1) is 15.0. The molecule has 2 fully saturated rings. The zero-order valence-electron chi connectivity index (χ0n) is 12.6. The number of piperidine rings is 1. The number of carbonyl (C=O) groups is 1. The van der Waals surface area contributed by atoms with Crippen LogP contribution in [0.15, 0.2) is 22.7 Å². The third-order valence-electron chi connectivity index (χ3n) is 4.80. The van der Waals surface area contributed by atoms with Crippen LogP contribution in [0.4, 0.5) is 0 Å². The van der Waals surface area contributed by atoms with Crippen molar-refractivity contribution in [1.82, 2.24) is 10.2 Å². The van der Waals surface area contributed by atoms with Gasteiger partial charge in [0.2, 0.25) is 0 Å². The Bertz CT molecular complexity index is 526. The highest BCUT2D eigenvalue weighted by atomic mass is 79.9. The van der Waals surface area contributed by atoms with E-state index in [-0.39, 0.29) is 5.91 Å². The third-order valence-corrected chi connectivity index (χ3v) is 5.85. The summed E-state index contributed by atoms with van der Waals surface area (Å²) < 4.78 is 0.943. The number of hydrogen-bond donors (Lipinski definition) is 1. The molecule has 1 N–H and O–H groups in total. The van der Waals surface area contributed by atoms with Gasteiger partial charge >= 0.3 is 0 Å². The van der Waals surface area contributed by atoms with Crippen LogP contribution in [0.3, 0.4) is 0 Å². The molecular formula is C17H23BrN2O. The summed E-state index contributed by atoms with van der Waals surface area (Å²) in [5, 5.41) is 3.58. The van der Waals surface area contributed by atoms with Crippen LogP contribution in [0.2, 0.25) is 0 Å². The van der Waals surface area contributed by atoms with Crippen LogP contribution < -0.4 is 5.32 Å². The minimum absolute atomic E-state index is 0.184. The lowest BCUT2D eigenvalue weighted by Crippen LogP contribution is -2.52. The molecule has 2 aliphatic rings. The Labute approximate surface area is 135 Å². The number of amides is 1. The molecule has 114 valence electrons. The van der Waals surface area contributed by atoms with Crippen molar-refractivity contribution in [2.45, 2.75) is 51.1 Å². The van der Waals surface area contributed by atoms with Gasteiger partial charge in [-0.05, 0) is 73.1 Å². The average molecular weight is 351 g/mol. The van der Waals surface area contributed by atoms with E-state index >= 15 is 0 Å². The first-order chi connectivity index (χ1) is 10.2. The number of hydrogen-bond acceptors (Lipinski definition) is 2. The maximum absolute atomic E-state index is 13.0. The Morgan fingerprint density at radius 2 is 2.14 bits per heavy atom. The van der Waals surface area contributed by atoms with Gasteiger partial charge in [-0.3, -0.25) is 4.79 Å². The van der Waals surface area contributed by atoms with E-state index < -0.39 is 0 Å². The standard InChI is InChI=1S/C17H23BrN2O/c1-12-6-4-7-13(16(12)18)17(21)20-11-3-2-9-15(20)14-8-5-10-19-14/h4,6-7,14-15,19H,2-3,5,8-11H2,1H3. The summed E-state index contributed by atoms with van der Waals surface area (Å²) in [6.45, 7) is 4.02. The molecule has 0 aromatic heterocycles. The lowest BCUT2D eigenvalue weighted by Gasteiger charge is -2.39. The summed E-state index contributed by atoms with van der Waals surface area (Å²) in [5.74, 6) is 0.184. The van der Waals surface area contributed by atoms with Crippen molar-refractivity contribution >= 4 is 21.8 Å². The van der Waals surface area contributed by atoms with Crippen LogP contribution in [-0.4, -0.2) is 36.0 Å². The minimum Gasteiger partial charge on any atom is -0.334 e. The van der Waals surface area contributed by atoms with Crippen LogP contribution >= 0.6 is 15.9 Å². The predicted molar refractivity (Wildman–Crippen MR) is 88.6 cm³/mol. The number of nitrogens with one attached hydrogen (secondary N) is 1. The van der Waals surface area contributed by atoms with Gasteiger partial charge in [0.05, 0.1) is 5.56 Å². The van der Waals surface area contributed by atoms with Gasteiger partial charge in [-0.1, -0.05) is 12.1 Å². The third kappa shape index (κ3) is 3.02. The highest BCUT2D eigenvalue weighted by Gasteiger charge is 2.35. The molecule has 1 amide bonds. The maximum atomic E-state index is 13.0. The molecule has 0 radical (unpaired) electrons. The molecule has 21 heavy (non-hydrogen) atoms. The second kappa shape index (κ2) is 6.49. The highest BCUT2D eigenvalue weighted by molar-refractivity contribution is 9.10. The number of likely N-dealkylation sites (tertiary alicyclic amines) is 1. The first-order valence-electron chi connectivity index (χ1n) is 7.98. The van der Waals surface area contributed by atoms with Crippen molar-refractivity contribution < 1.29 is 4.79 Å². The van der Waals surface area contributed by atoms with E-state index in [9.17, 15) is 4.79 Å². The Morgan fingerprint density at radius 1 is 1.29 bits per heavy atom. The summed E-state index contributed by atoms with van der Waals surface area (Å²) in [6.07, 6.45) is 5.92. The number of aryl methyl sites for hydroxylation is 1. The molecule has 1 aromatic carbocycles. The number of nitrogens with zero attached hydrogens (tertiary/aromatic N) is 1. The fourth-order valence-corrected chi connectivity index (χ4v) is 4.07. The monoisotopic (exact) mass is 350 g/mol. The van der Waals surface area contributed by atoms with Gasteiger partial charge in [0, 0.05) is 23.1 Å². The van der Waals surface area contributed by atoms with E-state index in [1.165, 1.54) is 19.3 Å². The summed E-state index contributed by atoms with van der Waals surface area (Å²) in [5.41, 5.74) is 1.92. The Balaban J connectivity index is 1.85. The molecule has 0 spiro atoms. The lowest BCUT2D eigenvalue weighted by molar-refractivity contribution is 0.0562. The van der Waals surface area contributed by atoms with Crippen molar-refractivity contribution in [3.05, 3.63) is 33.8 Å². The van der Waals surface area contributed by atoms with E-state index in [0.29, 0.717) is 12.1 Å². The molecule has 2 unspecified atom stereocenters. The van der Waals surface area contributed by atoms with E-state index in [2.05, 4.69) is 26.1 Å².